The predicted molar refractivity (Wildman–Crippen MR) is 97.6 cm³/mol. The van der Waals surface area contributed by atoms with Crippen LogP contribution in [0.2, 0.25) is 0 Å². The van der Waals surface area contributed by atoms with Crippen LogP contribution in [0.3, 0.4) is 0 Å². The lowest BCUT2D eigenvalue weighted by molar-refractivity contribution is -0.139. The lowest BCUT2D eigenvalue weighted by Gasteiger charge is -2.08. The predicted octanol–water partition coefficient (Wildman–Crippen LogP) is 1.10. The van der Waals surface area contributed by atoms with Gasteiger partial charge in [-0.1, -0.05) is 0 Å². The molecular formula is C18H15N3O7. The summed E-state index contributed by atoms with van der Waals surface area (Å²) in [4.78, 5) is 40.7. The zero-order valence-electron chi connectivity index (χ0n) is 14.4. The van der Waals surface area contributed by atoms with Gasteiger partial charge in [0.25, 0.3) is 5.56 Å². The molecule has 0 saturated carbocycles. The van der Waals surface area contributed by atoms with E-state index in [2.05, 4.69) is 9.98 Å². The number of carboxylic acid groups (broad SMARTS) is 1. The second-order valence-electron chi connectivity index (χ2n) is 5.60. The first kappa shape index (κ1) is 18.7. The van der Waals surface area contributed by atoms with Crippen LogP contribution in [0, 0.1) is 0 Å². The maximum Gasteiger partial charge on any atom is 0.341 e. The van der Waals surface area contributed by atoms with Gasteiger partial charge in [-0.25, -0.2) is 9.59 Å². The molecule has 1 aromatic carbocycles. The summed E-state index contributed by atoms with van der Waals surface area (Å²) in [5.41, 5.74) is -1.35. The fourth-order valence-corrected chi connectivity index (χ4v) is 2.31. The standard InChI is InChI=1S/C18H15N3O7/c22-15(23)10-28-12-5-3-11(4-6-12)19-8-14-16(24)20-18(26)21(17(14)25)9-13-2-1-7-27-13/h1-8,25H,9-10H2,(H,22,23)(H,20,24,26). The molecule has 2 aromatic heterocycles. The van der Waals surface area contributed by atoms with Crippen LogP contribution >= 0.6 is 0 Å². The molecular weight excluding hydrogens is 370 g/mol. The van der Waals surface area contributed by atoms with E-state index in [1.54, 1.807) is 12.1 Å². The summed E-state index contributed by atoms with van der Waals surface area (Å²) in [6, 6.07) is 9.36. The Kier molecular flexibility index (Phi) is 5.40. The molecule has 0 spiro atoms. The third-order valence-corrected chi connectivity index (χ3v) is 3.64. The van der Waals surface area contributed by atoms with Crippen molar-refractivity contribution in [2.45, 2.75) is 6.54 Å². The lowest BCUT2D eigenvalue weighted by Crippen LogP contribution is -2.32. The topological polar surface area (TPSA) is 147 Å². The molecule has 0 unspecified atom stereocenters. The van der Waals surface area contributed by atoms with E-state index in [-0.39, 0.29) is 12.1 Å². The molecule has 3 N–H and O–H groups in total. The Morgan fingerprint density at radius 1 is 1.25 bits per heavy atom. The number of H-pyrrole nitrogens is 1. The summed E-state index contributed by atoms with van der Waals surface area (Å²) in [7, 11) is 0. The Hall–Kier alpha value is -4.08. The summed E-state index contributed by atoms with van der Waals surface area (Å²) in [5, 5.41) is 18.9. The van der Waals surface area contributed by atoms with E-state index >= 15 is 0 Å². The Morgan fingerprint density at radius 3 is 2.64 bits per heavy atom. The number of ether oxygens (including phenoxy) is 1. The maximum absolute atomic E-state index is 12.0. The Bertz CT molecular complexity index is 1110. The number of aliphatic imine (C=N–C) groups is 1. The smallest absolute Gasteiger partial charge is 0.341 e. The van der Waals surface area contributed by atoms with E-state index in [1.165, 1.54) is 30.5 Å². The summed E-state index contributed by atoms with van der Waals surface area (Å²) < 4.78 is 11.1. The second kappa shape index (κ2) is 8.08. The fraction of sp³-hybridized carbons (Fsp3) is 0.111. The number of hydrogen-bond acceptors (Lipinski definition) is 7. The maximum atomic E-state index is 12.0. The van der Waals surface area contributed by atoms with Gasteiger partial charge < -0.3 is 19.4 Å². The minimum absolute atomic E-state index is 0.0646. The number of carboxylic acids is 1. The van der Waals surface area contributed by atoms with Crippen molar-refractivity contribution in [3.05, 3.63) is 74.8 Å². The Morgan fingerprint density at radius 2 is 2.00 bits per heavy atom. The molecule has 0 bridgehead atoms. The quantitative estimate of drug-likeness (QED) is 0.516. The molecule has 10 nitrogen and oxygen atoms in total. The average molecular weight is 385 g/mol. The van der Waals surface area contributed by atoms with Gasteiger partial charge in [-0.05, 0) is 36.4 Å². The Labute approximate surface area is 157 Å². The van der Waals surface area contributed by atoms with Gasteiger partial charge in [0, 0.05) is 6.21 Å². The molecule has 0 saturated heterocycles. The molecule has 28 heavy (non-hydrogen) atoms. The number of furan rings is 1. The number of nitrogens with one attached hydrogen (secondary N) is 1. The zero-order chi connectivity index (χ0) is 20.1. The van der Waals surface area contributed by atoms with E-state index in [4.69, 9.17) is 14.3 Å². The van der Waals surface area contributed by atoms with Crippen LogP contribution < -0.4 is 16.0 Å². The number of benzene rings is 1. The number of nitrogens with zero attached hydrogens (tertiary/aromatic N) is 2. The van der Waals surface area contributed by atoms with Crippen molar-refractivity contribution in [2.75, 3.05) is 6.61 Å². The summed E-state index contributed by atoms with van der Waals surface area (Å²) >= 11 is 0. The van der Waals surface area contributed by atoms with Crippen LogP contribution in [-0.2, 0) is 11.3 Å². The van der Waals surface area contributed by atoms with Crippen molar-refractivity contribution in [2.24, 2.45) is 4.99 Å². The van der Waals surface area contributed by atoms with Gasteiger partial charge in [-0.2, -0.15) is 0 Å². The second-order valence-corrected chi connectivity index (χ2v) is 5.60. The number of aromatic amines is 1. The molecule has 0 aliphatic carbocycles. The van der Waals surface area contributed by atoms with Crippen molar-refractivity contribution in [3.8, 4) is 11.6 Å². The minimum Gasteiger partial charge on any atom is -0.494 e. The van der Waals surface area contributed by atoms with E-state index in [0.717, 1.165) is 10.8 Å². The highest BCUT2D eigenvalue weighted by Gasteiger charge is 2.14. The summed E-state index contributed by atoms with van der Waals surface area (Å²) in [5.74, 6) is -0.880. The highest BCUT2D eigenvalue weighted by molar-refractivity contribution is 5.84. The first-order valence-electron chi connectivity index (χ1n) is 8.01. The minimum atomic E-state index is -1.10. The molecule has 0 amide bonds. The molecule has 3 rings (SSSR count). The lowest BCUT2D eigenvalue weighted by atomic mass is 10.3. The number of rotatable bonds is 7. The van der Waals surface area contributed by atoms with Gasteiger partial charge in [0.2, 0.25) is 5.88 Å². The van der Waals surface area contributed by atoms with Gasteiger partial charge in [-0.15, -0.1) is 0 Å². The Balaban J connectivity index is 1.84. The molecule has 0 aliphatic rings. The van der Waals surface area contributed by atoms with Gasteiger partial charge in [0.15, 0.2) is 6.61 Å². The molecule has 10 heteroatoms. The van der Waals surface area contributed by atoms with E-state index in [1.807, 2.05) is 0 Å². The van der Waals surface area contributed by atoms with Crippen LogP contribution in [-0.4, -0.2) is 38.6 Å². The number of aliphatic carboxylic acids is 1. The average Bonchev–Trinajstić information content (AvgIpc) is 3.17. The molecule has 0 fully saturated rings. The highest BCUT2D eigenvalue weighted by atomic mass is 16.5. The normalized spacial score (nSPS) is 11.0. The SMILES string of the molecule is O=C(O)COc1ccc(N=Cc2c(O)n(Cc3ccco3)c(=O)[nH]c2=O)cc1. The largest absolute Gasteiger partial charge is 0.494 e. The molecule has 0 atom stereocenters. The van der Waals surface area contributed by atoms with Crippen LogP contribution in [0.25, 0.3) is 0 Å². The van der Waals surface area contributed by atoms with Crippen LogP contribution in [0.4, 0.5) is 5.69 Å². The van der Waals surface area contributed by atoms with Gasteiger partial charge in [0.1, 0.15) is 17.1 Å². The van der Waals surface area contributed by atoms with Crippen molar-refractivity contribution in [1.82, 2.24) is 9.55 Å². The van der Waals surface area contributed by atoms with Gasteiger partial charge in [0.05, 0.1) is 18.5 Å². The molecule has 3 aromatic rings. The highest BCUT2D eigenvalue weighted by Crippen LogP contribution is 2.19. The molecule has 0 aliphatic heterocycles. The first-order chi connectivity index (χ1) is 13.4. The number of carbonyl (C=O) groups is 1. The number of aromatic nitrogens is 2. The fourth-order valence-electron chi connectivity index (χ4n) is 2.31. The third kappa shape index (κ3) is 4.36. The van der Waals surface area contributed by atoms with Crippen molar-refractivity contribution >= 4 is 17.9 Å². The monoisotopic (exact) mass is 385 g/mol. The van der Waals surface area contributed by atoms with Gasteiger partial charge >= 0.3 is 11.7 Å². The molecule has 2 heterocycles. The van der Waals surface area contributed by atoms with Crippen LogP contribution in [0.15, 0.2) is 61.7 Å². The van der Waals surface area contributed by atoms with E-state index in [0.29, 0.717) is 17.2 Å². The van der Waals surface area contributed by atoms with Crippen molar-refractivity contribution in [3.63, 3.8) is 0 Å². The zero-order valence-corrected chi connectivity index (χ0v) is 14.4. The van der Waals surface area contributed by atoms with E-state index < -0.39 is 29.7 Å². The van der Waals surface area contributed by atoms with Crippen molar-refractivity contribution < 1.29 is 24.2 Å². The first-order valence-corrected chi connectivity index (χ1v) is 8.01. The summed E-state index contributed by atoms with van der Waals surface area (Å²) in [6.07, 6.45) is 2.55. The van der Waals surface area contributed by atoms with Gasteiger partial charge in [-0.3, -0.25) is 19.3 Å². The van der Waals surface area contributed by atoms with Crippen molar-refractivity contribution in [1.29, 1.82) is 0 Å². The van der Waals surface area contributed by atoms with Crippen LogP contribution in [0.1, 0.15) is 11.3 Å². The van der Waals surface area contributed by atoms with Crippen LogP contribution in [0.5, 0.6) is 11.6 Å². The third-order valence-electron chi connectivity index (χ3n) is 3.64. The van der Waals surface area contributed by atoms with E-state index in [9.17, 15) is 19.5 Å². The number of aromatic hydroxyl groups is 1. The molecule has 144 valence electrons. The number of hydrogen-bond donors (Lipinski definition) is 3. The molecule has 0 radical (unpaired) electrons. The summed E-state index contributed by atoms with van der Waals surface area (Å²) in [6.45, 7) is -0.534.